The molecule has 0 bridgehead atoms. The number of hydrogen-bond acceptors (Lipinski definition) is 3. The SMILES string of the molecule is CCOc1ccc(OCc2ccc(CN)cc2)cc1. The van der Waals surface area contributed by atoms with E-state index in [2.05, 4.69) is 0 Å². The van der Waals surface area contributed by atoms with Crippen LogP contribution in [0.3, 0.4) is 0 Å². The van der Waals surface area contributed by atoms with E-state index in [9.17, 15) is 0 Å². The molecule has 3 heteroatoms. The lowest BCUT2D eigenvalue weighted by Crippen LogP contribution is -1.98. The summed E-state index contributed by atoms with van der Waals surface area (Å²) in [5.74, 6) is 1.70. The summed E-state index contributed by atoms with van der Waals surface area (Å²) in [6.07, 6.45) is 0. The molecule has 0 saturated carbocycles. The number of ether oxygens (including phenoxy) is 2. The Kier molecular flexibility index (Phi) is 4.81. The van der Waals surface area contributed by atoms with Crippen molar-refractivity contribution in [3.05, 3.63) is 59.7 Å². The number of hydrogen-bond donors (Lipinski definition) is 1. The Bertz CT molecular complexity index is 491. The zero-order chi connectivity index (χ0) is 13.5. The minimum Gasteiger partial charge on any atom is -0.494 e. The van der Waals surface area contributed by atoms with E-state index in [4.69, 9.17) is 15.2 Å². The minimum atomic E-state index is 0.554. The molecule has 0 spiro atoms. The van der Waals surface area contributed by atoms with Crippen LogP contribution in [0.25, 0.3) is 0 Å². The third-order valence-corrected chi connectivity index (χ3v) is 2.80. The number of benzene rings is 2. The highest BCUT2D eigenvalue weighted by molar-refractivity contribution is 5.31. The summed E-state index contributed by atoms with van der Waals surface area (Å²) < 4.78 is 11.1. The van der Waals surface area contributed by atoms with Gasteiger partial charge in [-0.05, 0) is 42.3 Å². The van der Waals surface area contributed by atoms with Crippen molar-refractivity contribution < 1.29 is 9.47 Å². The van der Waals surface area contributed by atoms with Crippen molar-refractivity contribution in [2.75, 3.05) is 6.61 Å². The van der Waals surface area contributed by atoms with Gasteiger partial charge >= 0.3 is 0 Å². The topological polar surface area (TPSA) is 44.5 Å². The molecule has 0 fully saturated rings. The van der Waals surface area contributed by atoms with E-state index >= 15 is 0 Å². The third-order valence-electron chi connectivity index (χ3n) is 2.80. The van der Waals surface area contributed by atoms with Crippen LogP contribution in [0.1, 0.15) is 18.1 Å². The first-order chi connectivity index (χ1) is 9.31. The second-order valence-corrected chi connectivity index (χ2v) is 4.21. The highest BCUT2D eigenvalue weighted by atomic mass is 16.5. The average molecular weight is 257 g/mol. The maximum Gasteiger partial charge on any atom is 0.120 e. The zero-order valence-corrected chi connectivity index (χ0v) is 11.1. The molecule has 0 aliphatic carbocycles. The van der Waals surface area contributed by atoms with Gasteiger partial charge in [-0.15, -0.1) is 0 Å². The summed E-state index contributed by atoms with van der Waals surface area (Å²) >= 11 is 0. The summed E-state index contributed by atoms with van der Waals surface area (Å²) in [6, 6.07) is 15.8. The van der Waals surface area contributed by atoms with Crippen LogP contribution in [0.4, 0.5) is 0 Å². The maximum absolute atomic E-state index is 5.71. The first-order valence-electron chi connectivity index (χ1n) is 6.45. The van der Waals surface area contributed by atoms with Gasteiger partial charge in [0.15, 0.2) is 0 Å². The number of rotatable bonds is 6. The van der Waals surface area contributed by atoms with Crippen LogP contribution in [-0.2, 0) is 13.2 Å². The highest BCUT2D eigenvalue weighted by Crippen LogP contribution is 2.18. The molecule has 2 aromatic carbocycles. The van der Waals surface area contributed by atoms with Crippen molar-refractivity contribution in [2.45, 2.75) is 20.1 Å². The lowest BCUT2D eigenvalue weighted by molar-refractivity contribution is 0.304. The van der Waals surface area contributed by atoms with Crippen LogP contribution in [0.5, 0.6) is 11.5 Å². The standard InChI is InChI=1S/C16H19NO2/c1-2-18-15-7-9-16(10-8-15)19-12-14-5-3-13(11-17)4-6-14/h3-10H,2,11-12,17H2,1H3. The van der Waals surface area contributed by atoms with Crippen LogP contribution in [-0.4, -0.2) is 6.61 Å². The van der Waals surface area contributed by atoms with Crippen molar-refractivity contribution in [2.24, 2.45) is 5.73 Å². The van der Waals surface area contributed by atoms with Crippen LogP contribution in [0.15, 0.2) is 48.5 Å². The van der Waals surface area contributed by atoms with Gasteiger partial charge in [0.1, 0.15) is 18.1 Å². The zero-order valence-electron chi connectivity index (χ0n) is 11.1. The van der Waals surface area contributed by atoms with Crippen molar-refractivity contribution in [3.8, 4) is 11.5 Å². The highest BCUT2D eigenvalue weighted by Gasteiger charge is 1.98. The summed E-state index contributed by atoms with van der Waals surface area (Å²) in [5.41, 5.74) is 7.82. The van der Waals surface area contributed by atoms with Gasteiger partial charge in [-0.2, -0.15) is 0 Å². The predicted octanol–water partition coefficient (Wildman–Crippen LogP) is 3.12. The molecule has 0 heterocycles. The molecule has 0 amide bonds. The molecule has 0 unspecified atom stereocenters. The van der Waals surface area contributed by atoms with E-state index in [1.807, 2.05) is 55.5 Å². The molecule has 2 aromatic rings. The fourth-order valence-corrected chi connectivity index (χ4v) is 1.74. The molecule has 0 aliphatic rings. The smallest absolute Gasteiger partial charge is 0.120 e. The molecule has 2 N–H and O–H groups in total. The Morgan fingerprint density at radius 2 is 1.32 bits per heavy atom. The summed E-state index contributed by atoms with van der Waals surface area (Å²) in [4.78, 5) is 0. The predicted molar refractivity (Wildman–Crippen MR) is 76.3 cm³/mol. The third kappa shape index (κ3) is 4.00. The van der Waals surface area contributed by atoms with Crippen LogP contribution < -0.4 is 15.2 Å². The molecule has 0 saturated heterocycles. The van der Waals surface area contributed by atoms with Gasteiger partial charge in [0.25, 0.3) is 0 Å². The van der Waals surface area contributed by atoms with Crippen molar-refractivity contribution >= 4 is 0 Å². The molecule has 100 valence electrons. The van der Waals surface area contributed by atoms with Gasteiger partial charge in [-0.3, -0.25) is 0 Å². The monoisotopic (exact) mass is 257 g/mol. The molecular formula is C16H19NO2. The van der Waals surface area contributed by atoms with Gasteiger partial charge in [0.05, 0.1) is 6.61 Å². The van der Waals surface area contributed by atoms with Crippen LogP contribution in [0.2, 0.25) is 0 Å². The Morgan fingerprint density at radius 1 is 0.789 bits per heavy atom. The van der Waals surface area contributed by atoms with Crippen molar-refractivity contribution in [3.63, 3.8) is 0 Å². The van der Waals surface area contributed by atoms with Gasteiger partial charge < -0.3 is 15.2 Å². The second-order valence-electron chi connectivity index (χ2n) is 4.21. The van der Waals surface area contributed by atoms with Crippen molar-refractivity contribution in [1.29, 1.82) is 0 Å². The van der Waals surface area contributed by atoms with E-state index in [1.165, 1.54) is 0 Å². The van der Waals surface area contributed by atoms with E-state index in [1.54, 1.807) is 0 Å². The summed E-state index contributed by atoms with van der Waals surface area (Å²) in [5, 5.41) is 0. The van der Waals surface area contributed by atoms with E-state index in [0.717, 1.165) is 22.6 Å². The lowest BCUT2D eigenvalue weighted by Gasteiger charge is -2.08. The van der Waals surface area contributed by atoms with Gasteiger partial charge in [0, 0.05) is 6.54 Å². The molecular weight excluding hydrogens is 238 g/mol. The molecule has 0 aliphatic heterocycles. The van der Waals surface area contributed by atoms with Crippen LogP contribution >= 0.6 is 0 Å². The van der Waals surface area contributed by atoms with Gasteiger partial charge in [-0.1, -0.05) is 24.3 Å². The molecule has 2 rings (SSSR count). The molecule has 19 heavy (non-hydrogen) atoms. The molecule has 3 nitrogen and oxygen atoms in total. The molecule has 0 atom stereocenters. The Balaban J connectivity index is 1.90. The normalized spacial score (nSPS) is 10.2. The Morgan fingerprint density at radius 3 is 1.84 bits per heavy atom. The Labute approximate surface area is 114 Å². The van der Waals surface area contributed by atoms with E-state index < -0.39 is 0 Å². The fourth-order valence-electron chi connectivity index (χ4n) is 1.74. The molecule has 0 aromatic heterocycles. The maximum atomic E-state index is 5.71. The minimum absolute atomic E-state index is 0.554. The Hall–Kier alpha value is -2.00. The lowest BCUT2D eigenvalue weighted by atomic mass is 10.1. The summed E-state index contributed by atoms with van der Waals surface area (Å²) in [6.45, 7) is 3.77. The van der Waals surface area contributed by atoms with Gasteiger partial charge in [0.2, 0.25) is 0 Å². The second kappa shape index (κ2) is 6.81. The van der Waals surface area contributed by atoms with E-state index in [-0.39, 0.29) is 0 Å². The first kappa shape index (κ1) is 13.4. The largest absolute Gasteiger partial charge is 0.494 e. The number of nitrogens with two attached hydrogens (primary N) is 1. The fraction of sp³-hybridized carbons (Fsp3) is 0.250. The average Bonchev–Trinajstić information content (AvgIpc) is 2.47. The van der Waals surface area contributed by atoms with E-state index in [0.29, 0.717) is 19.8 Å². The quantitative estimate of drug-likeness (QED) is 0.864. The molecule has 0 radical (unpaired) electrons. The summed E-state index contributed by atoms with van der Waals surface area (Å²) in [7, 11) is 0. The van der Waals surface area contributed by atoms with Gasteiger partial charge in [-0.25, -0.2) is 0 Å². The van der Waals surface area contributed by atoms with Crippen LogP contribution in [0, 0.1) is 0 Å². The first-order valence-corrected chi connectivity index (χ1v) is 6.45. The van der Waals surface area contributed by atoms with Crippen molar-refractivity contribution in [1.82, 2.24) is 0 Å².